The van der Waals surface area contributed by atoms with Crippen molar-refractivity contribution in [1.82, 2.24) is 4.90 Å². The Morgan fingerprint density at radius 2 is 1.77 bits per heavy atom. The van der Waals surface area contributed by atoms with Gasteiger partial charge in [0.05, 0.1) is 17.6 Å². The number of Topliss-reactive ketones (excluding diaryl/α,β-unsaturated/α-hetero) is 1. The van der Waals surface area contributed by atoms with Crippen molar-refractivity contribution in [3.63, 3.8) is 0 Å². The Bertz CT molecular complexity index is 1060. The molecule has 1 aliphatic rings. The van der Waals surface area contributed by atoms with Gasteiger partial charge in [0.25, 0.3) is 17.5 Å². The van der Waals surface area contributed by atoms with E-state index in [1.807, 2.05) is 0 Å². The fraction of sp³-hybridized carbons (Fsp3) is 0.200. The second-order valence-corrected chi connectivity index (χ2v) is 6.38. The molecule has 154 valence electrons. The molecule has 0 spiro atoms. The van der Waals surface area contributed by atoms with Crippen LogP contribution in [0.5, 0.6) is 5.75 Å². The van der Waals surface area contributed by atoms with Gasteiger partial charge >= 0.3 is 5.97 Å². The fourth-order valence-corrected chi connectivity index (χ4v) is 3.02. The zero-order chi connectivity index (χ0) is 22.0. The van der Waals surface area contributed by atoms with E-state index in [9.17, 15) is 29.3 Å². The number of carbonyl (C=O) groups excluding carboxylic acids is 4. The Labute approximate surface area is 170 Å². The number of benzene rings is 2. The van der Waals surface area contributed by atoms with E-state index < -0.39 is 46.8 Å². The number of fused-ring (bicyclic) bond motifs is 1. The molecule has 1 atom stereocenters. The molecule has 0 aliphatic carbocycles. The number of nitro benzene ring substituents is 1. The highest BCUT2D eigenvalue weighted by atomic mass is 16.6. The van der Waals surface area contributed by atoms with Gasteiger partial charge in [-0.2, -0.15) is 0 Å². The van der Waals surface area contributed by atoms with Crippen molar-refractivity contribution in [2.24, 2.45) is 0 Å². The van der Waals surface area contributed by atoms with Crippen molar-refractivity contribution in [3.05, 3.63) is 69.3 Å². The van der Waals surface area contributed by atoms with Crippen molar-refractivity contribution in [1.29, 1.82) is 0 Å². The topological polar surface area (TPSA) is 133 Å². The standard InChI is InChI=1S/C20H16N2O8/c1-11(18(24)12-6-8-13(29-2)9-7-12)30-16(23)10-21-19(25)14-4-3-5-15(22(27)28)17(14)20(21)26/h3-9,11H,10H2,1-2H3/t11-/m0/s1. The van der Waals surface area contributed by atoms with E-state index in [1.54, 1.807) is 12.1 Å². The lowest BCUT2D eigenvalue weighted by atomic mass is 10.1. The molecule has 0 saturated heterocycles. The maximum atomic E-state index is 12.5. The Kier molecular flexibility index (Phi) is 5.58. The first-order valence-electron chi connectivity index (χ1n) is 8.76. The maximum absolute atomic E-state index is 12.5. The van der Waals surface area contributed by atoms with Crippen LogP contribution < -0.4 is 4.74 Å². The molecule has 0 N–H and O–H groups in total. The van der Waals surface area contributed by atoms with Gasteiger partial charge in [0.2, 0.25) is 5.78 Å². The lowest BCUT2D eigenvalue weighted by Crippen LogP contribution is -2.37. The third kappa shape index (κ3) is 3.75. The molecule has 2 aromatic rings. The molecule has 2 aromatic carbocycles. The Morgan fingerprint density at radius 1 is 1.10 bits per heavy atom. The molecule has 0 bridgehead atoms. The van der Waals surface area contributed by atoms with Gasteiger partial charge < -0.3 is 9.47 Å². The average Bonchev–Trinajstić information content (AvgIpc) is 2.98. The minimum Gasteiger partial charge on any atom is -0.497 e. The highest BCUT2D eigenvalue weighted by molar-refractivity contribution is 6.24. The van der Waals surface area contributed by atoms with Crippen molar-refractivity contribution >= 4 is 29.3 Å². The predicted octanol–water partition coefficient (Wildman–Crippen LogP) is 2.01. The Morgan fingerprint density at radius 3 is 2.37 bits per heavy atom. The molecule has 0 fully saturated rings. The number of rotatable bonds is 7. The van der Waals surface area contributed by atoms with Crippen LogP contribution in [-0.2, 0) is 9.53 Å². The number of methoxy groups -OCH3 is 1. The maximum Gasteiger partial charge on any atom is 0.326 e. The van der Waals surface area contributed by atoms with E-state index in [2.05, 4.69) is 0 Å². The van der Waals surface area contributed by atoms with Crippen LogP contribution in [0.4, 0.5) is 5.69 Å². The summed E-state index contributed by atoms with van der Waals surface area (Å²) < 4.78 is 10.1. The molecule has 0 radical (unpaired) electrons. The summed E-state index contributed by atoms with van der Waals surface area (Å²) in [6.45, 7) is 0.585. The summed E-state index contributed by atoms with van der Waals surface area (Å²) in [5.41, 5.74) is -0.774. The molecule has 1 aliphatic heterocycles. The summed E-state index contributed by atoms with van der Waals surface area (Å²) in [6.07, 6.45) is -1.17. The summed E-state index contributed by atoms with van der Waals surface area (Å²) in [6, 6.07) is 9.81. The number of hydrogen-bond acceptors (Lipinski definition) is 8. The first kappa shape index (κ1) is 20.6. The van der Waals surface area contributed by atoms with Crippen molar-refractivity contribution in [2.75, 3.05) is 13.7 Å². The molecule has 1 heterocycles. The number of nitro groups is 1. The van der Waals surface area contributed by atoms with Crippen LogP contribution in [0.3, 0.4) is 0 Å². The molecule has 0 unspecified atom stereocenters. The second-order valence-electron chi connectivity index (χ2n) is 6.38. The van der Waals surface area contributed by atoms with Gasteiger partial charge in [-0.05, 0) is 37.3 Å². The van der Waals surface area contributed by atoms with Crippen LogP contribution in [0, 0.1) is 10.1 Å². The van der Waals surface area contributed by atoms with Crippen molar-refractivity contribution < 1.29 is 33.6 Å². The van der Waals surface area contributed by atoms with Gasteiger partial charge in [-0.25, -0.2) is 0 Å². The van der Waals surface area contributed by atoms with E-state index in [1.165, 1.54) is 38.3 Å². The second kappa shape index (κ2) is 8.11. The molecule has 0 aromatic heterocycles. The van der Waals surface area contributed by atoms with E-state index in [4.69, 9.17) is 9.47 Å². The summed E-state index contributed by atoms with van der Waals surface area (Å²) in [7, 11) is 1.48. The van der Waals surface area contributed by atoms with Gasteiger partial charge in [-0.1, -0.05) is 6.07 Å². The normalized spacial score (nSPS) is 13.6. The summed E-state index contributed by atoms with van der Waals surface area (Å²) in [5, 5.41) is 11.1. The van der Waals surface area contributed by atoms with Crippen LogP contribution in [-0.4, -0.2) is 53.1 Å². The van der Waals surface area contributed by atoms with Crippen LogP contribution in [0.2, 0.25) is 0 Å². The summed E-state index contributed by atoms with van der Waals surface area (Å²) in [5.74, 6) is -2.74. The minimum absolute atomic E-state index is 0.163. The van der Waals surface area contributed by atoms with E-state index in [0.29, 0.717) is 10.6 Å². The number of esters is 1. The lowest BCUT2D eigenvalue weighted by Gasteiger charge is -2.16. The molecule has 0 saturated carbocycles. The predicted molar refractivity (Wildman–Crippen MR) is 101 cm³/mol. The number of hydrogen-bond donors (Lipinski definition) is 0. The number of imide groups is 1. The van der Waals surface area contributed by atoms with Crippen LogP contribution in [0.15, 0.2) is 42.5 Å². The first-order valence-corrected chi connectivity index (χ1v) is 8.76. The third-order valence-electron chi connectivity index (χ3n) is 4.51. The zero-order valence-corrected chi connectivity index (χ0v) is 16.0. The summed E-state index contributed by atoms with van der Waals surface area (Å²) in [4.78, 5) is 60.4. The van der Waals surface area contributed by atoms with Gasteiger partial charge in [0.1, 0.15) is 17.9 Å². The zero-order valence-electron chi connectivity index (χ0n) is 16.0. The number of ketones is 1. The monoisotopic (exact) mass is 412 g/mol. The molecule has 10 nitrogen and oxygen atoms in total. The smallest absolute Gasteiger partial charge is 0.326 e. The van der Waals surface area contributed by atoms with Crippen LogP contribution >= 0.6 is 0 Å². The number of nitrogens with zero attached hydrogens (tertiary/aromatic N) is 2. The lowest BCUT2D eigenvalue weighted by molar-refractivity contribution is -0.385. The van der Waals surface area contributed by atoms with Gasteiger partial charge in [-0.3, -0.25) is 34.2 Å². The van der Waals surface area contributed by atoms with E-state index in [-0.39, 0.29) is 16.7 Å². The molecule has 3 rings (SSSR count). The van der Waals surface area contributed by atoms with Crippen molar-refractivity contribution in [3.8, 4) is 5.75 Å². The Hall–Kier alpha value is -4.08. The molecular weight excluding hydrogens is 396 g/mol. The first-order chi connectivity index (χ1) is 14.2. The Balaban J connectivity index is 1.69. The molecule has 30 heavy (non-hydrogen) atoms. The SMILES string of the molecule is COc1ccc(C(=O)[C@H](C)OC(=O)CN2C(=O)c3cccc([N+](=O)[O-])c3C2=O)cc1. The van der Waals surface area contributed by atoms with Crippen molar-refractivity contribution in [2.45, 2.75) is 13.0 Å². The third-order valence-corrected chi connectivity index (χ3v) is 4.51. The van der Waals surface area contributed by atoms with Crippen LogP contribution in [0.25, 0.3) is 0 Å². The van der Waals surface area contributed by atoms with Gasteiger partial charge in [-0.15, -0.1) is 0 Å². The largest absolute Gasteiger partial charge is 0.497 e. The quantitative estimate of drug-likeness (QED) is 0.222. The number of carbonyl (C=O) groups is 4. The van der Waals surface area contributed by atoms with Crippen LogP contribution in [0.1, 0.15) is 38.0 Å². The van der Waals surface area contributed by atoms with E-state index in [0.717, 1.165) is 6.07 Å². The minimum atomic E-state index is -1.17. The van der Waals surface area contributed by atoms with Gasteiger partial charge in [0, 0.05) is 11.6 Å². The number of ether oxygens (including phenoxy) is 2. The average molecular weight is 412 g/mol. The fourth-order valence-electron chi connectivity index (χ4n) is 3.02. The molecule has 10 heteroatoms. The summed E-state index contributed by atoms with van der Waals surface area (Å²) >= 11 is 0. The highest BCUT2D eigenvalue weighted by Gasteiger charge is 2.42. The highest BCUT2D eigenvalue weighted by Crippen LogP contribution is 2.30. The molecular formula is C20H16N2O8. The van der Waals surface area contributed by atoms with E-state index >= 15 is 0 Å². The van der Waals surface area contributed by atoms with Gasteiger partial charge in [0.15, 0.2) is 6.10 Å². The number of amides is 2. The molecule has 2 amide bonds.